The standard InChI is InChI=1S/C11H8BFO2/c13-15-11(14)12-10-7-3-5-8-4-1-2-6-9(8)10/h1-7,12H. The number of rotatable bonds is 2. The van der Waals surface area contributed by atoms with Crippen molar-refractivity contribution in [2.75, 3.05) is 0 Å². The Morgan fingerprint density at radius 3 is 2.67 bits per heavy atom. The highest BCUT2D eigenvalue weighted by molar-refractivity contribution is 6.84. The van der Waals surface area contributed by atoms with E-state index in [1.165, 1.54) is 0 Å². The zero-order valence-corrected chi connectivity index (χ0v) is 7.94. The molecule has 0 aromatic heterocycles. The van der Waals surface area contributed by atoms with Gasteiger partial charge in [0.2, 0.25) is 0 Å². The molecule has 2 aromatic carbocycles. The van der Waals surface area contributed by atoms with Crippen molar-refractivity contribution in [3.8, 4) is 0 Å². The van der Waals surface area contributed by atoms with E-state index in [4.69, 9.17) is 0 Å². The predicted molar refractivity (Wildman–Crippen MR) is 58.3 cm³/mol. The van der Waals surface area contributed by atoms with Gasteiger partial charge in [-0.05, 0) is 10.8 Å². The van der Waals surface area contributed by atoms with Crippen molar-refractivity contribution in [2.45, 2.75) is 0 Å². The highest BCUT2D eigenvalue weighted by Crippen LogP contribution is 2.10. The largest absolute Gasteiger partial charge is 0.299 e. The maximum Gasteiger partial charge on any atom is 0.299 e. The van der Waals surface area contributed by atoms with E-state index in [1.54, 1.807) is 6.07 Å². The Morgan fingerprint density at radius 1 is 1.13 bits per heavy atom. The Bertz CT molecular complexity index is 493. The van der Waals surface area contributed by atoms with Crippen LogP contribution in [0, 0.1) is 0 Å². The van der Waals surface area contributed by atoms with Crippen LogP contribution >= 0.6 is 0 Å². The molecule has 4 heteroatoms. The average Bonchev–Trinajstić information content (AvgIpc) is 2.29. The van der Waals surface area contributed by atoms with E-state index < -0.39 is 5.87 Å². The maximum atomic E-state index is 11.6. The molecule has 0 heterocycles. The molecule has 15 heavy (non-hydrogen) atoms. The van der Waals surface area contributed by atoms with Gasteiger partial charge in [-0.25, -0.2) is 0 Å². The minimum atomic E-state index is -0.869. The fourth-order valence-electron chi connectivity index (χ4n) is 1.63. The number of halogens is 1. The molecule has 0 bridgehead atoms. The first kappa shape index (κ1) is 9.71. The van der Waals surface area contributed by atoms with Gasteiger partial charge in [-0.3, -0.25) is 9.74 Å². The highest BCUT2D eigenvalue weighted by Gasteiger charge is 2.10. The second kappa shape index (κ2) is 4.13. The third kappa shape index (κ3) is 1.98. The van der Waals surface area contributed by atoms with Crippen molar-refractivity contribution >= 4 is 29.4 Å². The lowest BCUT2D eigenvalue weighted by Crippen LogP contribution is -2.23. The van der Waals surface area contributed by atoms with Gasteiger partial charge >= 0.3 is 0 Å². The van der Waals surface area contributed by atoms with Gasteiger partial charge in [0, 0.05) is 4.53 Å². The van der Waals surface area contributed by atoms with E-state index in [0.29, 0.717) is 0 Å². The zero-order valence-electron chi connectivity index (χ0n) is 7.94. The van der Waals surface area contributed by atoms with Crippen molar-refractivity contribution in [1.82, 2.24) is 0 Å². The van der Waals surface area contributed by atoms with Crippen molar-refractivity contribution in [1.29, 1.82) is 0 Å². The molecule has 0 unspecified atom stereocenters. The molecule has 2 aromatic rings. The van der Waals surface area contributed by atoms with Gasteiger partial charge in [0.05, 0.1) is 0 Å². The lowest BCUT2D eigenvalue weighted by atomic mass is 9.69. The van der Waals surface area contributed by atoms with Crippen LogP contribution in [0.1, 0.15) is 0 Å². The Morgan fingerprint density at radius 2 is 1.87 bits per heavy atom. The molecule has 0 spiro atoms. The number of carbonyl (C=O) groups is 1. The molecular formula is C11H8BFO2. The summed E-state index contributed by atoms with van der Waals surface area (Å²) in [5, 5.41) is 1.98. The summed E-state index contributed by atoms with van der Waals surface area (Å²) in [6.07, 6.45) is 0. The molecule has 0 saturated heterocycles. The number of fused-ring (bicyclic) bond motifs is 1. The number of carbonyl (C=O) groups excluding carboxylic acids is 1. The summed E-state index contributed by atoms with van der Waals surface area (Å²) < 4.78 is 11.6. The molecular weight excluding hydrogens is 194 g/mol. The Balaban J connectivity index is 2.46. The number of benzene rings is 2. The topological polar surface area (TPSA) is 26.3 Å². The SMILES string of the molecule is O=C(Bc1cccc2ccccc12)OF. The summed E-state index contributed by atoms with van der Waals surface area (Å²) in [5.74, 6) is -0.869. The molecule has 0 aliphatic heterocycles. The smallest absolute Gasteiger partial charge is 0.267 e. The molecule has 0 aliphatic rings. The molecule has 0 N–H and O–H groups in total. The summed E-state index contributed by atoms with van der Waals surface area (Å²) in [7, 11) is -0.0438. The molecule has 0 aliphatic carbocycles. The van der Waals surface area contributed by atoms with Gasteiger partial charge < -0.3 is 0 Å². The predicted octanol–water partition coefficient (Wildman–Crippen LogP) is 1.92. The van der Waals surface area contributed by atoms with Crippen LogP contribution < -0.4 is 5.46 Å². The van der Waals surface area contributed by atoms with Crippen LogP contribution in [-0.2, 0) is 4.94 Å². The van der Waals surface area contributed by atoms with E-state index >= 15 is 0 Å². The normalized spacial score (nSPS) is 9.93. The van der Waals surface area contributed by atoms with E-state index in [-0.39, 0.29) is 7.28 Å². The summed E-state index contributed by atoms with van der Waals surface area (Å²) in [6.45, 7) is 0. The lowest BCUT2D eigenvalue weighted by Gasteiger charge is -2.02. The van der Waals surface area contributed by atoms with Gasteiger partial charge in [0.25, 0.3) is 13.1 Å². The van der Waals surface area contributed by atoms with Crippen LogP contribution in [0.2, 0.25) is 0 Å². The fraction of sp³-hybridized carbons (Fsp3) is 0. The quantitative estimate of drug-likeness (QED) is 0.695. The van der Waals surface area contributed by atoms with Crippen LogP contribution in [-0.4, -0.2) is 13.1 Å². The van der Waals surface area contributed by atoms with E-state index in [9.17, 15) is 9.32 Å². The highest BCUT2D eigenvalue weighted by atomic mass is 19.3. The molecule has 0 saturated carbocycles. The van der Waals surface area contributed by atoms with Crippen molar-refractivity contribution in [2.24, 2.45) is 0 Å². The third-order valence-corrected chi connectivity index (χ3v) is 2.30. The second-order valence-corrected chi connectivity index (χ2v) is 3.26. The van der Waals surface area contributed by atoms with Gasteiger partial charge in [0.1, 0.15) is 0 Å². The van der Waals surface area contributed by atoms with Gasteiger partial charge in [-0.1, -0.05) is 47.9 Å². The molecule has 74 valence electrons. The monoisotopic (exact) mass is 202 g/mol. The molecule has 0 fully saturated rings. The van der Waals surface area contributed by atoms with Gasteiger partial charge in [0.15, 0.2) is 0 Å². The molecule has 0 amide bonds. The van der Waals surface area contributed by atoms with E-state index in [2.05, 4.69) is 4.94 Å². The minimum Gasteiger partial charge on any atom is -0.267 e. The van der Waals surface area contributed by atoms with Gasteiger partial charge in [-0.2, -0.15) is 0 Å². The Labute approximate surface area is 86.8 Å². The maximum absolute atomic E-state index is 11.6. The molecule has 2 rings (SSSR count). The Hall–Kier alpha value is -1.84. The summed E-state index contributed by atoms with van der Waals surface area (Å²) in [5.41, 5.74) is 0.774. The molecule has 0 radical (unpaired) electrons. The fourth-order valence-corrected chi connectivity index (χ4v) is 1.63. The first-order chi connectivity index (χ1) is 7.31. The van der Waals surface area contributed by atoms with Crippen LogP contribution in [0.15, 0.2) is 42.5 Å². The average molecular weight is 202 g/mol. The molecule has 2 nitrogen and oxygen atoms in total. The third-order valence-electron chi connectivity index (χ3n) is 2.30. The summed E-state index contributed by atoms with van der Waals surface area (Å²) in [4.78, 5) is 14.0. The Kier molecular flexibility index (Phi) is 2.67. The van der Waals surface area contributed by atoms with E-state index in [0.717, 1.165) is 16.2 Å². The van der Waals surface area contributed by atoms with Crippen LogP contribution in [0.4, 0.5) is 9.32 Å². The molecule has 0 atom stereocenters. The number of hydrogen-bond donors (Lipinski definition) is 0. The number of hydrogen-bond acceptors (Lipinski definition) is 2. The lowest BCUT2D eigenvalue weighted by molar-refractivity contribution is -0.0478. The first-order valence-corrected chi connectivity index (χ1v) is 4.59. The van der Waals surface area contributed by atoms with Crippen LogP contribution in [0.25, 0.3) is 10.8 Å². The minimum absolute atomic E-state index is 0.0438. The first-order valence-electron chi connectivity index (χ1n) is 4.59. The summed E-state index contributed by atoms with van der Waals surface area (Å²) in [6, 6.07) is 13.2. The van der Waals surface area contributed by atoms with Crippen LogP contribution in [0.3, 0.4) is 0 Å². The second-order valence-electron chi connectivity index (χ2n) is 3.26. The zero-order chi connectivity index (χ0) is 10.7. The van der Waals surface area contributed by atoms with Crippen molar-refractivity contribution in [3.05, 3.63) is 42.5 Å². The summed E-state index contributed by atoms with van der Waals surface area (Å²) >= 11 is 0. The van der Waals surface area contributed by atoms with Crippen molar-refractivity contribution < 1.29 is 14.3 Å². The van der Waals surface area contributed by atoms with Crippen molar-refractivity contribution in [3.63, 3.8) is 0 Å². The van der Waals surface area contributed by atoms with Gasteiger partial charge in [-0.15, -0.1) is 0 Å². The van der Waals surface area contributed by atoms with Crippen LogP contribution in [0.5, 0.6) is 0 Å². The van der Waals surface area contributed by atoms with E-state index in [1.807, 2.05) is 36.4 Å².